The molecule has 4 aromatic rings. The predicted octanol–water partition coefficient (Wildman–Crippen LogP) is 5.70. The Morgan fingerprint density at radius 1 is 0.941 bits per heavy atom. The zero-order valence-corrected chi connectivity index (χ0v) is 19.6. The number of aryl methyl sites for hydroxylation is 1. The van der Waals surface area contributed by atoms with E-state index in [4.69, 9.17) is 21.7 Å². The van der Waals surface area contributed by atoms with E-state index in [1.165, 1.54) is 0 Å². The molecule has 0 fully saturated rings. The van der Waals surface area contributed by atoms with Crippen molar-refractivity contribution in [3.05, 3.63) is 102 Å². The van der Waals surface area contributed by atoms with Crippen LogP contribution in [0, 0.1) is 6.92 Å². The van der Waals surface area contributed by atoms with Crippen LogP contribution in [0.15, 0.2) is 90.0 Å². The van der Waals surface area contributed by atoms with Gasteiger partial charge < -0.3 is 14.8 Å². The number of hydrogen-bond acceptors (Lipinski definition) is 5. The number of nitrogens with zero attached hydrogens (tertiary/aromatic N) is 1. The van der Waals surface area contributed by atoms with Crippen molar-refractivity contribution in [2.45, 2.75) is 6.92 Å². The lowest BCUT2D eigenvalue weighted by atomic mass is 10.0. The fourth-order valence-corrected chi connectivity index (χ4v) is 3.51. The molecule has 0 saturated carbocycles. The quantitative estimate of drug-likeness (QED) is 0.124. The highest BCUT2D eigenvalue weighted by atomic mass is 32.1. The zero-order chi connectivity index (χ0) is 23.9. The van der Waals surface area contributed by atoms with Crippen LogP contribution in [-0.2, 0) is 0 Å². The highest BCUT2D eigenvalue weighted by Gasteiger charge is 2.13. The smallest absolute Gasteiger partial charge is 0.343 e. The van der Waals surface area contributed by atoms with E-state index in [0.29, 0.717) is 22.0 Å². The normalized spacial score (nSPS) is 10.8. The van der Waals surface area contributed by atoms with Crippen molar-refractivity contribution in [3.8, 4) is 11.5 Å². The van der Waals surface area contributed by atoms with Gasteiger partial charge in [-0.1, -0.05) is 48.0 Å². The Morgan fingerprint density at radius 2 is 1.68 bits per heavy atom. The molecule has 0 radical (unpaired) electrons. The Bertz CT molecular complexity index is 1350. The van der Waals surface area contributed by atoms with Gasteiger partial charge in [0, 0.05) is 11.3 Å². The monoisotopic (exact) mass is 469 g/mol. The number of hydrogen-bond donors (Lipinski definition) is 2. The number of methoxy groups -OCH3 is 1. The summed E-state index contributed by atoms with van der Waals surface area (Å²) in [6, 6.07) is 26.1. The number of ether oxygens (including phenoxy) is 2. The number of carbonyl (C=O) groups excluding carboxylic acids is 1. The average molecular weight is 470 g/mol. The molecule has 0 spiro atoms. The van der Waals surface area contributed by atoms with Crippen LogP contribution >= 0.6 is 12.2 Å². The van der Waals surface area contributed by atoms with Crippen LogP contribution in [0.3, 0.4) is 0 Å². The summed E-state index contributed by atoms with van der Waals surface area (Å²) in [4.78, 5) is 12.7. The number of fused-ring (bicyclic) bond motifs is 1. The Labute approximate surface area is 203 Å². The van der Waals surface area contributed by atoms with Gasteiger partial charge in [-0.05, 0) is 72.4 Å². The lowest BCUT2D eigenvalue weighted by molar-refractivity contribution is 0.0734. The fourth-order valence-electron chi connectivity index (χ4n) is 3.34. The number of anilines is 1. The van der Waals surface area contributed by atoms with Crippen molar-refractivity contribution < 1.29 is 14.3 Å². The molecule has 2 N–H and O–H groups in total. The molecular formula is C27H23N3O3S. The van der Waals surface area contributed by atoms with E-state index in [-0.39, 0.29) is 0 Å². The van der Waals surface area contributed by atoms with E-state index < -0.39 is 5.97 Å². The summed E-state index contributed by atoms with van der Waals surface area (Å²) in [5, 5.41) is 9.55. The van der Waals surface area contributed by atoms with Crippen LogP contribution in [0.4, 0.5) is 5.69 Å². The third-order valence-corrected chi connectivity index (χ3v) is 5.32. The summed E-state index contributed by atoms with van der Waals surface area (Å²) >= 11 is 5.33. The van der Waals surface area contributed by atoms with Gasteiger partial charge >= 0.3 is 5.97 Å². The Kier molecular flexibility index (Phi) is 7.15. The largest absolute Gasteiger partial charge is 0.497 e. The minimum atomic E-state index is -0.436. The van der Waals surface area contributed by atoms with Crippen molar-refractivity contribution in [3.63, 3.8) is 0 Å². The number of hydrazone groups is 1. The van der Waals surface area contributed by atoms with Crippen LogP contribution in [0.5, 0.6) is 11.5 Å². The third kappa shape index (κ3) is 5.57. The van der Waals surface area contributed by atoms with E-state index in [1.807, 2.05) is 73.7 Å². The highest BCUT2D eigenvalue weighted by molar-refractivity contribution is 7.80. The second-order valence-corrected chi connectivity index (χ2v) is 7.91. The summed E-state index contributed by atoms with van der Waals surface area (Å²) < 4.78 is 10.9. The topological polar surface area (TPSA) is 71.9 Å². The molecule has 0 saturated heterocycles. The van der Waals surface area contributed by atoms with Gasteiger partial charge in [-0.25, -0.2) is 4.79 Å². The predicted molar refractivity (Wildman–Crippen MR) is 140 cm³/mol. The van der Waals surface area contributed by atoms with E-state index in [0.717, 1.165) is 27.8 Å². The summed E-state index contributed by atoms with van der Waals surface area (Å²) in [6.45, 7) is 1.97. The van der Waals surface area contributed by atoms with Gasteiger partial charge in [0.05, 0.1) is 18.9 Å². The molecule has 0 aliphatic rings. The first-order valence-corrected chi connectivity index (χ1v) is 11.0. The van der Waals surface area contributed by atoms with E-state index in [1.54, 1.807) is 31.5 Å². The molecule has 0 bridgehead atoms. The van der Waals surface area contributed by atoms with Gasteiger partial charge in [0.1, 0.15) is 11.5 Å². The number of esters is 1. The van der Waals surface area contributed by atoms with Gasteiger partial charge in [0.2, 0.25) is 0 Å². The fraction of sp³-hybridized carbons (Fsp3) is 0.0741. The first-order chi connectivity index (χ1) is 16.5. The van der Waals surface area contributed by atoms with E-state index in [2.05, 4.69) is 15.8 Å². The maximum Gasteiger partial charge on any atom is 0.343 e. The van der Waals surface area contributed by atoms with Crippen molar-refractivity contribution in [1.29, 1.82) is 0 Å². The number of nitrogens with one attached hydrogen (secondary N) is 2. The maximum absolute atomic E-state index is 12.7. The molecule has 0 unspecified atom stereocenters. The Balaban J connectivity index is 1.53. The molecule has 4 rings (SSSR count). The molecule has 0 aromatic heterocycles. The van der Waals surface area contributed by atoms with E-state index >= 15 is 0 Å². The molecule has 0 aliphatic heterocycles. The lowest BCUT2D eigenvalue weighted by Gasteiger charge is -2.11. The Hall–Kier alpha value is -4.23. The number of rotatable bonds is 6. The molecule has 0 heterocycles. The van der Waals surface area contributed by atoms with Crippen LogP contribution in [0.25, 0.3) is 10.8 Å². The summed E-state index contributed by atoms with van der Waals surface area (Å²) in [6.07, 6.45) is 1.60. The SMILES string of the molecule is COc1ccc(NC(=S)N/N=C\c2c(OC(=O)c3ccc(C)cc3)ccc3ccccc23)cc1. The zero-order valence-electron chi connectivity index (χ0n) is 18.7. The number of thiocarbonyl (C=S) groups is 1. The molecule has 4 aromatic carbocycles. The standard InChI is InChI=1S/C27H23N3O3S/c1-18-7-9-20(10-8-18)26(31)33-25-16-11-19-5-3-4-6-23(19)24(25)17-28-30-27(34)29-21-12-14-22(32-2)15-13-21/h3-17H,1-2H3,(H2,29,30,34)/b28-17-. The molecule has 170 valence electrons. The second kappa shape index (κ2) is 10.6. The molecule has 6 nitrogen and oxygen atoms in total. The molecule has 0 aliphatic carbocycles. The molecule has 34 heavy (non-hydrogen) atoms. The number of benzene rings is 4. The summed E-state index contributed by atoms with van der Waals surface area (Å²) in [5.41, 5.74) is 5.82. The molecular weight excluding hydrogens is 446 g/mol. The maximum atomic E-state index is 12.7. The first kappa shape index (κ1) is 22.9. The van der Waals surface area contributed by atoms with E-state index in [9.17, 15) is 4.79 Å². The minimum absolute atomic E-state index is 0.319. The Morgan fingerprint density at radius 3 is 2.41 bits per heavy atom. The minimum Gasteiger partial charge on any atom is -0.497 e. The van der Waals surface area contributed by atoms with Gasteiger partial charge in [-0.2, -0.15) is 5.10 Å². The summed E-state index contributed by atoms with van der Waals surface area (Å²) in [5.74, 6) is 0.726. The van der Waals surface area contributed by atoms with Crippen molar-refractivity contribution in [2.75, 3.05) is 12.4 Å². The molecule has 0 atom stereocenters. The number of carbonyl (C=O) groups is 1. The van der Waals surface area contributed by atoms with Crippen molar-refractivity contribution in [1.82, 2.24) is 5.43 Å². The third-order valence-electron chi connectivity index (χ3n) is 5.13. The molecule has 7 heteroatoms. The van der Waals surface area contributed by atoms with Gasteiger partial charge in [-0.15, -0.1) is 0 Å². The van der Waals surface area contributed by atoms with Gasteiger partial charge in [0.15, 0.2) is 5.11 Å². The van der Waals surface area contributed by atoms with Crippen LogP contribution in [-0.4, -0.2) is 24.4 Å². The molecule has 0 amide bonds. The van der Waals surface area contributed by atoms with Crippen LogP contribution < -0.4 is 20.2 Å². The van der Waals surface area contributed by atoms with Gasteiger partial charge in [0.25, 0.3) is 0 Å². The lowest BCUT2D eigenvalue weighted by Crippen LogP contribution is -2.23. The van der Waals surface area contributed by atoms with Crippen molar-refractivity contribution >= 4 is 46.0 Å². The first-order valence-electron chi connectivity index (χ1n) is 10.6. The van der Waals surface area contributed by atoms with Crippen LogP contribution in [0.1, 0.15) is 21.5 Å². The highest BCUT2D eigenvalue weighted by Crippen LogP contribution is 2.27. The van der Waals surface area contributed by atoms with Crippen LogP contribution in [0.2, 0.25) is 0 Å². The van der Waals surface area contributed by atoms with Crippen molar-refractivity contribution in [2.24, 2.45) is 5.10 Å². The average Bonchev–Trinajstić information content (AvgIpc) is 2.86. The summed E-state index contributed by atoms with van der Waals surface area (Å²) in [7, 11) is 1.61. The second-order valence-electron chi connectivity index (χ2n) is 7.51. The van der Waals surface area contributed by atoms with Gasteiger partial charge in [-0.3, -0.25) is 5.43 Å².